The number of aromatic nitrogens is 3. The largest absolute Gasteiger partial charge is 0.463 e. The standard InChI is InChI=1S/C20H26N4O2/c1-5-7-16-17(19(25)26-6-2)18(24-20(23-16)21-12-22-24)15-10-8-14(9-11-15)13(3)4/h8-13,18H,5-7H2,1-4H3,(H,21,22,23). The van der Waals surface area contributed by atoms with E-state index in [4.69, 9.17) is 4.74 Å². The number of nitrogens with zero attached hydrogens (tertiary/aromatic N) is 3. The van der Waals surface area contributed by atoms with Crippen molar-refractivity contribution in [2.75, 3.05) is 11.9 Å². The molecule has 1 atom stereocenters. The molecular formula is C20H26N4O2. The Labute approximate surface area is 154 Å². The normalized spacial score (nSPS) is 16.4. The Morgan fingerprint density at radius 3 is 2.62 bits per heavy atom. The minimum Gasteiger partial charge on any atom is -0.463 e. The predicted octanol–water partition coefficient (Wildman–Crippen LogP) is 4.03. The van der Waals surface area contributed by atoms with Gasteiger partial charge in [0, 0.05) is 5.70 Å². The van der Waals surface area contributed by atoms with E-state index >= 15 is 0 Å². The maximum Gasteiger partial charge on any atom is 0.338 e. The topological polar surface area (TPSA) is 69.0 Å². The lowest BCUT2D eigenvalue weighted by molar-refractivity contribution is -0.139. The number of benzene rings is 1. The monoisotopic (exact) mass is 354 g/mol. The van der Waals surface area contributed by atoms with Crippen molar-refractivity contribution in [3.05, 3.63) is 53.0 Å². The van der Waals surface area contributed by atoms with Gasteiger partial charge >= 0.3 is 5.97 Å². The van der Waals surface area contributed by atoms with Gasteiger partial charge in [0.05, 0.1) is 12.2 Å². The Morgan fingerprint density at radius 1 is 1.27 bits per heavy atom. The Bertz CT molecular complexity index is 805. The molecule has 2 heterocycles. The molecule has 1 N–H and O–H groups in total. The maximum atomic E-state index is 12.8. The van der Waals surface area contributed by atoms with E-state index in [-0.39, 0.29) is 12.0 Å². The van der Waals surface area contributed by atoms with Crippen molar-refractivity contribution < 1.29 is 9.53 Å². The van der Waals surface area contributed by atoms with E-state index in [0.717, 1.165) is 24.1 Å². The molecule has 1 aliphatic heterocycles. The molecule has 0 saturated carbocycles. The van der Waals surface area contributed by atoms with Gasteiger partial charge < -0.3 is 10.1 Å². The molecule has 3 rings (SSSR count). The summed E-state index contributed by atoms with van der Waals surface area (Å²) in [6, 6.07) is 8.02. The number of esters is 1. The SMILES string of the molecule is CCCC1=C(C(=O)OCC)C(c2ccc(C(C)C)cc2)n2ncnc2N1. The van der Waals surface area contributed by atoms with Gasteiger partial charge in [-0.3, -0.25) is 0 Å². The number of anilines is 1. The average Bonchev–Trinajstić information content (AvgIpc) is 3.09. The summed E-state index contributed by atoms with van der Waals surface area (Å²) in [5, 5.41) is 7.63. The summed E-state index contributed by atoms with van der Waals surface area (Å²) >= 11 is 0. The highest BCUT2D eigenvalue weighted by atomic mass is 16.5. The molecule has 2 aromatic rings. The van der Waals surface area contributed by atoms with Crippen LogP contribution in [-0.4, -0.2) is 27.3 Å². The van der Waals surface area contributed by atoms with E-state index in [1.54, 1.807) is 4.68 Å². The van der Waals surface area contributed by atoms with Crippen molar-refractivity contribution in [2.45, 2.75) is 52.5 Å². The zero-order valence-corrected chi connectivity index (χ0v) is 15.8. The van der Waals surface area contributed by atoms with Crippen LogP contribution in [0, 0.1) is 0 Å². The molecule has 6 heteroatoms. The van der Waals surface area contributed by atoms with Crippen LogP contribution in [0.15, 0.2) is 41.9 Å². The van der Waals surface area contributed by atoms with Gasteiger partial charge in [-0.05, 0) is 30.4 Å². The molecule has 0 saturated heterocycles. The van der Waals surface area contributed by atoms with Gasteiger partial charge in [-0.25, -0.2) is 9.48 Å². The van der Waals surface area contributed by atoms with Crippen LogP contribution in [0.3, 0.4) is 0 Å². The number of carbonyl (C=O) groups is 1. The lowest BCUT2D eigenvalue weighted by Crippen LogP contribution is -2.30. The van der Waals surface area contributed by atoms with E-state index in [2.05, 4.69) is 60.4 Å². The summed E-state index contributed by atoms with van der Waals surface area (Å²) in [6.45, 7) is 8.58. The van der Waals surface area contributed by atoms with E-state index in [9.17, 15) is 4.79 Å². The Kier molecular flexibility index (Phi) is 5.40. The number of hydrogen-bond acceptors (Lipinski definition) is 5. The maximum absolute atomic E-state index is 12.8. The number of ether oxygens (including phenoxy) is 1. The lowest BCUT2D eigenvalue weighted by atomic mass is 9.92. The molecule has 1 aromatic carbocycles. The number of carbonyl (C=O) groups excluding carboxylic acids is 1. The fourth-order valence-electron chi connectivity index (χ4n) is 3.28. The van der Waals surface area contributed by atoms with Crippen LogP contribution in [0.1, 0.15) is 63.6 Å². The first-order valence-electron chi connectivity index (χ1n) is 9.23. The van der Waals surface area contributed by atoms with Crippen molar-refractivity contribution in [2.24, 2.45) is 0 Å². The molecule has 0 radical (unpaired) electrons. The molecule has 26 heavy (non-hydrogen) atoms. The number of hydrogen-bond donors (Lipinski definition) is 1. The van der Waals surface area contributed by atoms with E-state index in [1.807, 2.05) is 6.92 Å². The molecule has 6 nitrogen and oxygen atoms in total. The Hall–Kier alpha value is -2.63. The lowest BCUT2D eigenvalue weighted by Gasteiger charge is -2.29. The van der Waals surface area contributed by atoms with E-state index < -0.39 is 0 Å². The molecule has 0 amide bonds. The molecule has 0 fully saturated rings. The first kappa shape index (κ1) is 18.2. The van der Waals surface area contributed by atoms with Crippen LogP contribution >= 0.6 is 0 Å². The zero-order valence-electron chi connectivity index (χ0n) is 15.8. The van der Waals surface area contributed by atoms with Crippen LogP contribution in [0.4, 0.5) is 5.95 Å². The minimum atomic E-state index is -0.337. The molecule has 1 aliphatic rings. The molecule has 138 valence electrons. The van der Waals surface area contributed by atoms with Gasteiger partial charge in [-0.2, -0.15) is 10.1 Å². The summed E-state index contributed by atoms with van der Waals surface area (Å²) in [6.07, 6.45) is 3.18. The predicted molar refractivity (Wildman–Crippen MR) is 101 cm³/mol. The number of fused-ring (bicyclic) bond motifs is 1. The second-order valence-electron chi connectivity index (χ2n) is 6.74. The second-order valence-corrected chi connectivity index (χ2v) is 6.74. The summed E-state index contributed by atoms with van der Waals surface area (Å²) in [4.78, 5) is 17.1. The third-order valence-corrected chi connectivity index (χ3v) is 4.59. The fraction of sp³-hybridized carbons (Fsp3) is 0.450. The zero-order chi connectivity index (χ0) is 18.7. The van der Waals surface area contributed by atoms with Crippen LogP contribution in [-0.2, 0) is 9.53 Å². The van der Waals surface area contributed by atoms with Crippen molar-refractivity contribution in [3.63, 3.8) is 0 Å². The number of allylic oxidation sites excluding steroid dienone is 1. The molecule has 0 aliphatic carbocycles. The summed E-state index contributed by atoms with van der Waals surface area (Å²) in [5.74, 6) is 0.802. The van der Waals surface area contributed by atoms with Crippen molar-refractivity contribution in [1.82, 2.24) is 14.8 Å². The minimum absolute atomic E-state index is 0.303. The van der Waals surface area contributed by atoms with E-state index in [1.165, 1.54) is 11.9 Å². The molecule has 0 bridgehead atoms. The molecular weight excluding hydrogens is 328 g/mol. The van der Waals surface area contributed by atoms with Gasteiger partial charge in [-0.15, -0.1) is 0 Å². The van der Waals surface area contributed by atoms with Gasteiger partial charge in [0.2, 0.25) is 5.95 Å². The fourth-order valence-corrected chi connectivity index (χ4v) is 3.28. The highest BCUT2D eigenvalue weighted by molar-refractivity contribution is 5.92. The summed E-state index contributed by atoms with van der Waals surface area (Å²) in [5.41, 5.74) is 3.74. The van der Waals surface area contributed by atoms with Gasteiger partial charge in [0.15, 0.2) is 0 Å². The van der Waals surface area contributed by atoms with Crippen LogP contribution in [0.25, 0.3) is 0 Å². The third-order valence-electron chi connectivity index (χ3n) is 4.59. The molecule has 1 unspecified atom stereocenters. The number of nitrogens with one attached hydrogen (secondary N) is 1. The highest BCUT2D eigenvalue weighted by Crippen LogP contribution is 2.37. The van der Waals surface area contributed by atoms with E-state index in [0.29, 0.717) is 24.0 Å². The quantitative estimate of drug-likeness (QED) is 0.793. The Balaban J connectivity index is 2.12. The summed E-state index contributed by atoms with van der Waals surface area (Å²) < 4.78 is 7.12. The van der Waals surface area contributed by atoms with Crippen molar-refractivity contribution in [1.29, 1.82) is 0 Å². The van der Waals surface area contributed by atoms with Gasteiger partial charge in [0.25, 0.3) is 0 Å². The van der Waals surface area contributed by atoms with Crippen LogP contribution in [0.2, 0.25) is 0 Å². The third kappa shape index (κ3) is 3.36. The first-order valence-corrected chi connectivity index (χ1v) is 9.23. The average molecular weight is 354 g/mol. The van der Waals surface area contributed by atoms with Crippen LogP contribution < -0.4 is 5.32 Å². The van der Waals surface area contributed by atoms with Crippen molar-refractivity contribution in [3.8, 4) is 0 Å². The van der Waals surface area contributed by atoms with Crippen LogP contribution in [0.5, 0.6) is 0 Å². The second kappa shape index (κ2) is 7.72. The number of rotatable bonds is 6. The van der Waals surface area contributed by atoms with Gasteiger partial charge in [-0.1, -0.05) is 51.5 Å². The smallest absolute Gasteiger partial charge is 0.338 e. The summed E-state index contributed by atoms with van der Waals surface area (Å²) in [7, 11) is 0. The molecule has 0 spiro atoms. The highest BCUT2D eigenvalue weighted by Gasteiger charge is 2.35. The van der Waals surface area contributed by atoms with Gasteiger partial charge in [0.1, 0.15) is 12.4 Å². The van der Waals surface area contributed by atoms with Crippen molar-refractivity contribution >= 4 is 11.9 Å². The first-order chi connectivity index (χ1) is 12.6. The Morgan fingerprint density at radius 2 is 2.00 bits per heavy atom. The molecule has 1 aromatic heterocycles.